The minimum absolute atomic E-state index is 0.0949. The lowest BCUT2D eigenvalue weighted by Crippen LogP contribution is -1.80. The van der Waals surface area contributed by atoms with E-state index in [9.17, 15) is 13.9 Å². The molecule has 0 saturated carbocycles. The standard InChI is InChI=1S/C9H6F2O2/c10-9(11)5-4-13-7-3-1-2-6(12)8(5)7/h1-4,9,12H. The van der Waals surface area contributed by atoms with Crippen molar-refractivity contribution in [3.05, 3.63) is 30.0 Å². The molecule has 1 N–H and O–H groups in total. The molecule has 4 heteroatoms. The quantitative estimate of drug-likeness (QED) is 0.738. The predicted octanol–water partition coefficient (Wildman–Crippen LogP) is 3.08. The summed E-state index contributed by atoms with van der Waals surface area (Å²) in [5.41, 5.74) is 0.00315. The van der Waals surface area contributed by atoms with Crippen molar-refractivity contribution in [1.29, 1.82) is 0 Å². The molecule has 0 unspecified atom stereocenters. The zero-order valence-corrected chi connectivity index (χ0v) is 6.50. The van der Waals surface area contributed by atoms with Crippen LogP contribution in [0.5, 0.6) is 5.75 Å². The van der Waals surface area contributed by atoms with Gasteiger partial charge < -0.3 is 9.52 Å². The van der Waals surface area contributed by atoms with E-state index in [1.54, 1.807) is 0 Å². The van der Waals surface area contributed by atoms with Crippen LogP contribution >= 0.6 is 0 Å². The predicted molar refractivity (Wildman–Crippen MR) is 42.8 cm³/mol. The second-order valence-electron chi connectivity index (χ2n) is 2.64. The number of rotatable bonds is 1. The van der Waals surface area contributed by atoms with Crippen LogP contribution in [0.4, 0.5) is 8.78 Å². The van der Waals surface area contributed by atoms with Crippen molar-refractivity contribution >= 4 is 11.0 Å². The van der Waals surface area contributed by atoms with Gasteiger partial charge in [0.25, 0.3) is 6.43 Å². The Morgan fingerprint density at radius 3 is 2.77 bits per heavy atom. The Morgan fingerprint density at radius 1 is 1.31 bits per heavy atom. The lowest BCUT2D eigenvalue weighted by Gasteiger charge is -1.96. The Balaban J connectivity index is 2.79. The molecule has 13 heavy (non-hydrogen) atoms. The van der Waals surface area contributed by atoms with Gasteiger partial charge in [-0.15, -0.1) is 0 Å². The minimum atomic E-state index is -2.63. The molecule has 0 amide bonds. The highest BCUT2D eigenvalue weighted by molar-refractivity contribution is 5.87. The largest absolute Gasteiger partial charge is 0.507 e. The molecular weight excluding hydrogens is 178 g/mol. The molecule has 0 radical (unpaired) electrons. The smallest absolute Gasteiger partial charge is 0.267 e. The average molecular weight is 184 g/mol. The van der Waals surface area contributed by atoms with Crippen molar-refractivity contribution in [2.24, 2.45) is 0 Å². The fourth-order valence-corrected chi connectivity index (χ4v) is 1.25. The van der Waals surface area contributed by atoms with E-state index in [1.807, 2.05) is 0 Å². The molecule has 1 aromatic carbocycles. The van der Waals surface area contributed by atoms with E-state index < -0.39 is 6.43 Å². The average Bonchev–Trinajstić information content (AvgIpc) is 2.49. The maximum Gasteiger partial charge on any atom is 0.267 e. The van der Waals surface area contributed by atoms with Crippen LogP contribution in [-0.4, -0.2) is 5.11 Å². The van der Waals surface area contributed by atoms with Gasteiger partial charge in [-0.2, -0.15) is 0 Å². The molecule has 2 nitrogen and oxygen atoms in total. The van der Waals surface area contributed by atoms with Crippen molar-refractivity contribution in [3.63, 3.8) is 0 Å². The molecule has 0 aliphatic rings. The third-order valence-corrected chi connectivity index (χ3v) is 1.84. The van der Waals surface area contributed by atoms with E-state index in [1.165, 1.54) is 18.2 Å². The molecule has 0 fully saturated rings. The van der Waals surface area contributed by atoms with E-state index in [0.717, 1.165) is 6.26 Å². The van der Waals surface area contributed by atoms with Gasteiger partial charge in [-0.25, -0.2) is 8.78 Å². The summed E-state index contributed by atoms with van der Waals surface area (Å²) < 4.78 is 29.5. The number of aromatic hydroxyl groups is 1. The summed E-state index contributed by atoms with van der Waals surface area (Å²) in [5, 5.41) is 9.39. The number of benzene rings is 1. The third-order valence-electron chi connectivity index (χ3n) is 1.84. The zero-order valence-electron chi connectivity index (χ0n) is 6.50. The monoisotopic (exact) mass is 184 g/mol. The van der Waals surface area contributed by atoms with Gasteiger partial charge in [0.2, 0.25) is 0 Å². The maximum atomic E-state index is 12.3. The number of halogens is 2. The zero-order chi connectivity index (χ0) is 9.42. The van der Waals surface area contributed by atoms with Gasteiger partial charge in [-0.1, -0.05) is 6.07 Å². The van der Waals surface area contributed by atoms with E-state index in [-0.39, 0.29) is 22.3 Å². The maximum absolute atomic E-state index is 12.3. The first-order valence-electron chi connectivity index (χ1n) is 3.67. The fourth-order valence-electron chi connectivity index (χ4n) is 1.25. The molecule has 0 aliphatic heterocycles. The molecule has 1 aromatic heterocycles. The molecule has 1 heterocycles. The van der Waals surface area contributed by atoms with E-state index in [0.29, 0.717) is 0 Å². The molecule has 2 rings (SSSR count). The van der Waals surface area contributed by atoms with Crippen LogP contribution in [0.15, 0.2) is 28.9 Å². The number of hydrogen-bond donors (Lipinski definition) is 1. The molecule has 2 aromatic rings. The van der Waals surface area contributed by atoms with Crippen molar-refractivity contribution in [2.75, 3.05) is 0 Å². The van der Waals surface area contributed by atoms with Gasteiger partial charge in [0.15, 0.2) is 0 Å². The molecular formula is C9H6F2O2. The number of alkyl halides is 2. The number of phenolic OH excluding ortho intramolecular Hbond substituents is 1. The van der Waals surface area contributed by atoms with Gasteiger partial charge in [0.05, 0.1) is 10.9 Å². The van der Waals surface area contributed by atoms with Crippen LogP contribution < -0.4 is 0 Å². The molecule has 0 atom stereocenters. The molecule has 0 spiro atoms. The third kappa shape index (κ3) is 1.14. The Hall–Kier alpha value is -1.58. The normalized spacial score (nSPS) is 11.3. The van der Waals surface area contributed by atoms with Gasteiger partial charge in [0.1, 0.15) is 17.6 Å². The minimum Gasteiger partial charge on any atom is -0.507 e. The van der Waals surface area contributed by atoms with Crippen LogP contribution in [0.1, 0.15) is 12.0 Å². The second-order valence-corrected chi connectivity index (χ2v) is 2.64. The van der Waals surface area contributed by atoms with E-state index >= 15 is 0 Å². The van der Waals surface area contributed by atoms with Gasteiger partial charge in [-0.05, 0) is 12.1 Å². The summed E-state index contributed by atoms with van der Waals surface area (Å²) in [6.07, 6.45) is -1.66. The van der Waals surface area contributed by atoms with E-state index in [2.05, 4.69) is 0 Å². The first kappa shape index (κ1) is 8.04. The summed E-state index contributed by atoms with van der Waals surface area (Å²) in [6.45, 7) is 0. The van der Waals surface area contributed by atoms with Crippen LogP contribution in [0.2, 0.25) is 0 Å². The van der Waals surface area contributed by atoms with Crippen molar-refractivity contribution in [1.82, 2.24) is 0 Å². The lowest BCUT2D eigenvalue weighted by atomic mass is 10.1. The Labute approximate surface area is 72.4 Å². The highest BCUT2D eigenvalue weighted by Gasteiger charge is 2.17. The molecule has 0 aliphatic carbocycles. The van der Waals surface area contributed by atoms with Gasteiger partial charge >= 0.3 is 0 Å². The number of phenols is 1. The van der Waals surface area contributed by atoms with Crippen molar-refractivity contribution in [3.8, 4) is 5.75 Å². The Kier molecular flexibility index (Phi) is 1.69. The van der Waals surface area contributed by atoms with Crippen LogP contribution in [0.25, 0.3) is 11.0 Å². The summed E-state index contributed by atoms with van der Waals surface area (Å²) in [7, 11) is 0. The van der Waals surface area contributed by atoms with Crippen LogP contribution in [-0.2, 0) is 0 Å². The van der Waals surface area contributed by atoms with Crippen molar-refractivity contribution in [2.45, 2.75) is 6.43 Å². The highest BCUT2D eigenvalue weighted by Crippen LogP contribution is 2.34. The Bertz CT molecular complexity index is 434. The van der Waals surface area contributed by atoms with Gasteiger partial charge in [0, 0.05) is 0 Å². The van der Waals surface area contributed by atoms with Crippen molar-refractivity contribution < 1.29 is 18.3 Å². The second kappa shape index (κ2) is 2.73. The number of furan rings is 1. The van der Waals surface area contributed by atoms with E-state index in [4.69, 9.17) is 4.42 Å². The first-order chi connectivity index (χ1) is 6.20. The summed E-state index contributed by atoms with van der Waals surface area (Å²) >= 11 is 0. The molecule has 0 bridgehead atoms. The highest BCUT2D eigenvalue weighted by atomic mass is 19.3. The van der Waals surface area contributed by atoms with Crippen LogP contribution in [0, 0.1) is 0 Å². The SMILES string of the molecule is Oc1cccc2occ(C(F)F)c12. The summed E-state index contributed by atoms with van der Waals surface area (Å²) in [5.74, 6) is -0.179. The summed E-state index contributed by atoms with van der Waals surface area (Å²) in [6, 6.07) is 4.42. The lowest BCUT2D eigenvalue weighted by molar-refractivity contribution is 0.151. The number of hydrogen-bond acceptors (Lipinski definition) is 2. The van der Waals surface area contributed by atoms with Gasteiger partial charge in [-0.3, -0.25) is 0 Å². The molecule has 68 valence electrons. The first-order valence-corrected chi connectivity index (χ1v) is 3.67. The van der Waals surface area contributed by atoms with Crippen LogP contribution in [0.3, 0.4) is 0 Å². The fraction of sp³-hybridized carbons (Fsp3) is 0.111. The topological polar surface area (TPSA) is 33.4 Å². The summed E-state index contributed by atoms with van der Waals surface area (Å²) in [4.78, 5) is 0. The molecule has 0 saturated heterocycles. The Morgan fingerprint density at radius 2 is 2.08 bits per heavy atom. The number of fused-ring (bicyclic) bond motifs is 1.